The van der Waals surface area contributed by atoms with Gasteiger partial charge in [-0.25, -0.2) is 4.79 Å². The number of nitrogens with one attached hydrogen (secondary N) is 1. The highest BCUT2D eigenvalue weighted by Gasteiger charge is 2.40. The fraction of sp³-hybridized carbons (Fsp3) is 0.455. The monoisotopic (exact) mass is 463 g/mol. The molecule has 156 valence electrons. The fourth-order valence-electron chi connectivity index (χ4n) is 4.37. The standard InChI is InChI=1S/C22H26BrNO5/c1-4-6-12-7-15-20(16(25)8-12)19(18(22(27)28)11(3)24-15)13-9-14(23)21(26)17(10-13)29-5-2/h9-10,12,19,24,26H,4-8H2,1-3H3,(H,27,28). The number of ether oxygens (including phenoxy) is 1. The van der Waals surface area contributed by atoms with Crippen molar-refractivity contribution in [1.29, 1.82) is 0 Å². The molecule has 0 bridgehead atoms. The number of hydrogen-bond acceptors (Lipinski definition) is 5. The normalized spacial score (nSPS) is 21.7. The van der Waals surface area contributed by atoms with Crippen molar-refractivity contribution in [1.82, 2.24) is 5.32 Å². The smallest absolute Gasteiger partial charge is 0.334 e. The first-order chi connectivity index (χ1) is 13.8. The van der Waals surface area contributed by atoms with E-state index in [-0.39, 0.29) is 28.8 Å². The van der Waals surface area contributed by atoms with Crippen molar-refractivity contribution in [3.05, 3.63) is 44.7 Å². The first kappa shape index (κ1) is 21.4. The molecule has 2 aliphatic rings. The maximum Gasteiger partial charge on any atom is 0.334 e. The number of dihydropyridines is 1. The molecule has 3 rings (SSSR count). The van der Waals surface area contributed by atoms with Crippen LogP contribution in [0, 0.1) is 5.92 Å². The summed E-state index contributed by atoms with van der Waals surface area (Å²) in [4.78, 5) is 25.3. The first-order valence-electron chi connectivity index (χ1n) is 9.90. The van der Waals surface area contributed by atoms with Gasteiger partial charge in [0.25, 0.3) is 0 Å². The zero-order chi connectivity index (χ0) is 21.3. The molecule has 1 aliphatic heterocycles. The number of hydrogen-bond donors (Lipinski definition) is 3. The predicted octanol–water partition coefficient (Wildman–Crippen LogP) is 4.63. The molecular weight excluding hydrogens is 438 g/mol. The van der Waals surface area contributed by atoms with Gasteiger partial charge in [0.1, 0.15) is 0 Å². The van der Waals surface area contributed by atoms with E-state index in [1.165, 1.54) is 0 Å². The summed E-state index contributed by atoms with van der Waals surface area (Å²) in [6, 6.07) is 3.30. The Morgan fingerprint density at radius 1 is 1.31 bits per heavy atom. The van der Waals surface area contributed by atoms with E-state index in [1.54, 1.807) is 26.0 Å². The third-order valence-corrected chi connectivity index (χ3v) is 6.13. The Labute approximate surface area is 178 Å². The van der Waals surface area contributed by atoms with Gasteiger partial charge in [-0.05, 0) is 66.2 Å². The summed E-state index contributed by atoms with van der Waals surface area (Å²) >= 11 is 3.33. The van der Waals surface area contributed by atoms with Crippen LogP contribution < -0.4 is 10.1 Å². The van der Waals surface area contributed by atoms with Crippen LogP contribution in [0.1, 0.15) is 57.9 Å². The number of aromatic hydroxyl groups is 1. The van der Waals surface area contributed by atoms with Crippen LogP contribution in [0.4, 0.5) is 0 Å². The van der Waals surface area contributed by atoms with Crippen molar-refractivity contribution in [2.75, 3.05) is 6.61 Å². The number of benzene rings is 1. The molecule has 0 fully saturated rings. The van der Waals surface area contributed by atoms with Crippen molar-refractivity contribution in [3.63, 3.8) is 0 Å². The molecule has 0 spiro atoms. The third-order valence-electron chi connectivity index (χ3n) is 5.52. The lowest BCUT2D eigenvalue weighted by Crippen LogP contribution is -2.36. The van der Waals surface area contributed by atoms with E-state index < -0.39 is 11.9 Å². The molecule has 2 unspecified atom stereocenters. The number of carboxylic acids is 1. The Morgan fingerprint density at radius 3 is 2.66 bits per heavy atom. The summed E-state index contributed by atoms with van der Waals surface area (Å²) in [5, 5.41) is 23.4. The molecule has 3 N–H and O–H groups in total. The highest BCUT2D eigenvalue weighted by atomic mass is 79.9. The molecule has 0 saturated carbocycles. The minimum absolute atomic E-state index is 0.0180. The maximum atomic E-state index is 13.1. The summed E-state index contributed by atoms with van der Waals surface area (Å²) < 4.78 is 5.92. The Hall–Kier alpha value is -2.28. The van der Waals surface area contributed by atoms with Gasteiger partial charge in [-0.15, -0.1) is 0 Å². The van der Waals surface area contributed by atoms with Gasteiger partial charge in [0.2, 0.25) is 0 Å². The molecule has 1 aromatic rings. The van der Waals surface area contributed by atoms with Crippen molar-refractivity contribution in [3.8, 4) is 11.5 Å². The molecule has 1 aliphatic carbocycles. The van der Waals surface area contributed by atoms with E-state index in [2.05, 4.69) is 28.2 Å². The minimum Gasteiger partial charge on any atom is -0.503 e. The predicted molar refractivity (Wildman–Crippen MR) is 113 cm³/mol. The quantitative estimate of drug-likeness (QED) is 0.568. The Balaban J connectivity index is 2.18. The van der Waals surface area contributed by atoms with Gasteiger partial charge in [0.05, 0.1) is 16.7 Å². The number of phenols is 1. The number of carboxylic acid groups (broad SMARTS) is 1. The van der Waals surface area contributed by atoms with Gasteiger partial charge in [0.15, 0.2) is 17.3 Å². The van der Waals surface area contributed by atoms with Crippen molar-refractivity contribution < 1.29 is 24.5 Å². The summed E-state index contributed by atoms with van der Waals surface area (Å²) in [6.07, 6.45) is 3.12. The fourth-order valence-corrected chi connectivity index (χ4v) is 4.83. The lowest BCUT2D eigenvalue weighted by atomic mass is 9.72. The van der Waals surface area contributed by atoms with Gasteiger partial charge >= 0.3 is 5.97 Å². The highest BCUT2D eigenvalue weighted by Crippen LogP contribution is 2.47. The average Bonchev–Trinajstić information content (AvgIpc) is 2.64. The first-order valence-corrected chi connectivity index (χ1v) is 10.7. The van der Waals surface area contributed by atoms with Crippen molar-refractivity contribution in [2.24, 2.45) is 5.92 Å². The third kappa shape index (κ3) is 4.06. The Kier molecular flexibility index (Phi) is 6.36. The molecule has 1 aromatic carbocycles. The molecule has 0 radical (unpaired) electrons. The van der Waals surface area contributed by atoms with E-state index in [4.69, 9.17) is 4.74 Å². The number of halogens is 1. The van der Waals surface area contributed by atoms with Crippen molar-refractivity contribution in [2.45, 2.75) is 52.4 Å². The minimum atomic E-state index is -1.07. The summed E-state index contributed by atoms with van der Waals surface area (Å²) in [6.45, 7) is 5.98. The number of aliphatic carboxylic acids is 1. The lowest BCUT2D eigenvalue weighted by Gasteiger charge is -2.36. The Morgan fingerprint density at radius 2 is 2.03 bits per heavy atom. The van der Waals surface area contributed by atoms with E-state index in [0.717, 1.165) is 25.0 Å². The number of carbonyl (C=O) groups is 2. The van der Waals surface area contributed by atoms with E-state index in [0.29, 0.717) is 34.3 Å². The van der Waals surface area contributed by atoms with E-state index >= 15 is 0 Å². The number of phenolic OH excluding ortho intramolecular Hbond substituents is 1. The molecule has 29 heavy (non-hydrogen) atoms. The van der Waals surface area contributed by atoms with Crippen LogP contribution in [0.2, 0.25) is 0 Å². The molecule has 6 nitrogen and oxygen atoms in total. The molecule has 0 aromatic heterocycles. The summed E-state index contributed by atoms with van der Waals surface area (Å²) in [7, 11) is 0. The SMILES string of the molecule is CCCC1CC(=O)C2=C(C1)NC(C)=C(C(=O)O)C2c1cc(Br)c(O)c(OCC)c1. The Bertz CT molecular complexity index is 918. The molecule has 2 atom stereocenters. The lowest BCUT2D eigenvalue weighted by molar-refractivity contribution is -0.133. The molecular formula is C22H26BrNO5. The van der Waals surface area contributed by atoms with Gasteiger partial charge in [-0.1, -0.05) is 13.3 Å². The molecule has 7 heteroatoms. The van der Waals surface area contributed by atoms with Crippen molar-refractivity contribution >= 4 is 27.7 Å². The number of rotatable bonds is 6. The zero-order valence-corrected chi connectivity index (χ0v) is 18.4. The summed E-state index contributed by atoms with van der Waals surface area (Å²) in [5.41, 5.74) is 2.61. The van der Waals surface area contributed by atoms with Crippen LogP contribution in [-0.4, -0.2) is 28.6 Å². The number of allylic oxidation sites excluding steroid dienone is 3. The van der Waals surface area contributed by atoms with Crippen LogP contribution in [0.5, 0.6) is 11.5 Å². The molecule has 0 saturated heterocycles. The number of carbonyl (C=O) groups excluding carboxylic acids is 1. The molecule has 0 amide bonds. The van der Waals surface area contributed by atoms with Gasteiger partial charge < -0.3 is 20.3 Å². The van der Waals surface area contributed by atoms with Crippen LogP contribution in [0.3, 0.4) is 0 Å². The highest BCUT2D eigenvalue weighted by molar-refractivity contribution is 9.10. The van der Waals surface area contributed by atoms with Crippen LogP contribution >= 0.6 is 15.9 Å². The second kappa shape index (κ2) is 8.61. The van der Waals surface area contributed by atoms with Gasteiger partial charge in [-0.3, -0.25) is 4.79 Å². The van der Waals surface area contributed by atoms with Gasteiger partial charge in [-0.2, -0.15) is 0 Å². The van der Waals surface area contributed by atoms with Gasteiger partial charge in [0, 0.05) is 29.3 Å². The number of ketones is 1. The second-order valence-corrected chi connectivity index (χ2v) is 8.42. The van der Waals surface area contributed by atoms with E-state index in [1.807, 2.05) is 0 Å². The van der Waals surface area contributed by atoms with Crippen LogP contribution in [0.15, 0.2) is 39.1 Å². The average molecular weight is 464 g/mol. The summed E-state index contributed by atoms with van der Waals surface area (Å²) in [5.74, 6) is -1.33. The van der Waals surface area contributed by atoms with Crippen LogP contribution in [0.25, 0.3) is 0 Å². The van der Waals surface area contributed by atoms with Crippen LogP contribution in [-0.2, 0) is 9.59 Å². The largest absolute Gasteiger partial charge is 0.503 e. The zero-order valence-electron chi connectivity index (χ0n) is 16.8. The topological polar surface area (TPSA) is 95.9 Å². The molecule has 1 heterocycles. The van der Waals surface area contributed by atoms with E-state index in [9.17, 15) is 19.8 Å². The second-order valence-electron chi connectivity index (χ2n) is 7.56. The maximum absolute atomic E-state index is 13.1. The number of Topliss-reactive ketones (excluding diaryl/α,β-unsaturated/α-hetero) is 1.